The Bertz CT molecular complexity index is 599. The lowest BCUT2D eigenvalue weighted by Gasteiger charge is -2.20. The van der Waals surface area contributed by atoms with Crippen LogP contribution >= 0.6 is 0 Å². The Balaban J connectivity index is 1.93. The third-order valence-corrected chi connectivity index (χ3v) is 3.67. The number of amides is 1. The summed E-state index contributed by atoms with van der Waals surface area (Å²) in [6.07, 6.45) is 2.35. The van der Waals surface area contributed by atoms with E-state index in [1.165, 1.54) is 6.42 Å². The van der Waals surface area contributed by atoms with Gasteiger partial charge in [-0.05, 0) is 37.6 Å². The zero-order chi connectivity index (χ0) is 13.2. The number of nitrogens with one attached hydrogen (secondary N) is 3. The van der Waals surface area contributed by atoms with Crippen LogP contribution in [0, 0.1) is 0 Å². The number of aromatic amines is 1. The fraction of sp³-hybridized carbons (Fsp3) is 0.429. The van der Waals surface area contributed by atoms with Crippen LogP contribution in [-0.2, 0) is 0 Å². The summed E-state index contributed by atoms with van der Waals surface area (Å²) in [4.78, 5) is 19.6. The third-order valence-electron chi connectivity index (χ3n) is 3.67. The first-order chi connectivity index (χ1) is 9.28. The number of aromatic nitrogens is 2. The number of piperidine rings is 1. The van der Waals surface area contributed by atoms with E-state index in [4.69, 9.17) is 0 Å². The molecular formula is C14H18N4O. The summed E-state index contributed by atoms with van der Waals surface area (Å²) in [6, 6.07) is 5.57. The Morgan fingerprint density at radius 1 is 1.47 bits per heavy atom. The summed E-state index contributed by atoms with van der Waals surface area (Å²) < 4.78 is 0. The monoisotopic (exact) mass is 258 g/mol. The Labute approximate surface area is 111 Å². The van der Waals surface area contributed by atoms with Crippen molar-refractivity contribution in [2.24, 2.45) is 0 Å². The molecule has 1 fully saturated rings. The van der Waals surface area contributed by atoms with Crippen molar-refractivity contribution in [1.82, 2.24) is 20.6 Å². The fourth-order valence-electron chi connectivity index (χ4n) is 2.59. The minimum absolute atomic E-state index is 0.0719. The highest BCUT2D eigenvalue weighted by Crippen LogP contribution is 2.23. The van der Waals surface area contributed by atoms with Crippen LogP contribution in [0.2, 0.25) is 0 Å². The number of H-pyrrole nitrogens is 1. The molecule has 1 aliphatic heterocycles. The zero-order valence-electron chi connectivity index (χ0n) is 11.0. The van der Waals surface area contributed by atoms with Gasteiger partial charge in [0.05, 0.1) is 11.0 Å². The number of benzene rings is 1. The van der Waals surface area contributed by atoms with Crippen molar-refractivity contribution in [2.45, 2.75) is 18.8 Å². The Hall–Kier alpha value is -1.88. The van der Waals surface area contributed by atoms with Crippen molar-refractivity contribution in [1.29, 1.82) is 0 Å². The van der Waals surface area contributed by atoms with Crippen LogP contribution in [0.15, 0.2) is 18.2 Å². The van der Waals surface area contributed by atoms with Crippen molar-refractivity contribution >= 4 is 16.9 Å². The number of imidazole rings is 1. The largest absolute Gasteiger partial charge is 0.355 e. The minimum atomic E-state index is -0.0719. The van der Waals surface area contributed by atoms with Crippen LogP contribution < -0.4 is 10.6 Å². The van der Waals surface area contributed by atoms with Crippen LogP contribution in [0.3, 0.4) is 0 Å². The molecule has 2 aromatic rings. The summed E-state index contributed by atoms with van der Waals surface area (Å²) in [6.45, 7) is 2.07. The van der Waals surface area contributed by atoms with Crippen molar-refractivity contribution in [3.63, 3.8) is 0 Å². The number of nitrogens with zero attached hydrogens (tertiary/aromatic N) is 1. The number of rotatable bonds is 2. The Morgan fingerprint density at radius 2 is 2.37 bits per heavy atom. The van der Waals surface area contributed by atoms with Gasteiger partial charge >= 0.3 is 0 Å². The Morgan fingerprint density at radius 3 is 3.11 bits per heavy atom. The van der Waals surface area contributed by atoms with Crippen molar-refractivity contribution in [3.05, 3.63) is 29.6 Å². The van der Waals surface area contributed by atoms with E-state index in [0.29, 0.717) is 11.5 Å². The summed E-state index contributed by atoms with van der Waals surface area (Å²) in [5.41, 5.74) is 2.52. The van der Waals surface area contributed by atoms with Gasteiger partial charge in [-0.15, -0.1) is 0 Å². The maximum atomic E-state index is 11.6. The number of carbonyl (C=O) groups is 1. The summed E-state index contributed by atoms with van der Waals surface area (Å²) in [5.74, 6) is 1.40. The second-order valence-corrected chi connectivity index (χ2v) is 4.98. The summed E-state index contributed by atoms with van der Waals surface area (Å²) >= 11 is 0. The Kier molecular flexibility index (Phi) is 3.21. The maximum Gasteiger partial charge on any atom is 0.251 e. The molecule has 3 rings (SSSR count). The highest BCUT2D eigenvalue weighted by Gasteiger charge is 2.18. The first-order valence-corrected chi connectivity index (χ1v) is 6.70. The van der Waals surface area contributed by atoms with Crippen molar-refractivity contribution in [3.8, 4) is 0 Å². The molecule has 1 saturated heterocycles. The van der Waals surface area contributed by atoms with Gasteiger partial charge in [0.15, 0.2) is 0 Å². The lowest BCUT2D eigenvalue weighted by atomic mass is 9.99. The van der Waals surface area contributed by atoms with Gasteiger partial charge in [0.2, 0.25) is 0 Å². The molecule has 0 bridgehead atoms. The second-order valence-electron chi connectivity index (χ2n) is 4.98. The molecule has 5 heteroatoms. The topological polar surface area (TPSA) is 69.8 Å². The lowest BCUT2D eigenvalue weighted by molar-refractivity contribution is 0.0963. The van der Waals surface area contributed by atoms with E-state index in [1.54, 1.807) is 7.05 Å². The normalized spacial score (nSPS) is 19.5. The van der Waals surface area contributed by atoms with Gasteiger partial charge in [-0.25, -0.2) is 4.98 Å². The molecule has 19 heavy (non-hydrogen) atoms. The number of fused-ring (bicyclic) bond motifs is 1. The second kappa shape index (κ2) is 5.01. The molecule has 0 saturated carbocycles. The highest BCUT2D eigenvalue weighted by molar-refractivity contribution is 5.97. The van der Waals surface area contributed by atoms with Crippen LogP contribution in [0.5, 0.6) is 0 Å². The maximum absolute atomic E-state index is 11.6. The fourth-order valence-corrected chi connectivity index (χ4v) is 2.59. The number of hydrogen-bond donors (Lipinski definition) is 3. The van der Waals surface area contributed by atoms with Gasteiger partial charge in [-0.1, -0.05) is 0 Å². The molecule has 5 nitrogen and oxygen atoms in total. The van der Waals surface area contributed by atoms with Crippen LogP contribution in [0.4, 0.5) is 0 Å². The SMILES string of the molecule is CNC(=O)c1ccc2nc(C3CCCNC3)[nH]c2c1. The van der Waals surface area contributed by atoms with Crippen molar-refractivity contribution in [2.75, 3.05) is 20.1 Å². The molecule has 1 amide bonds. The van der Waals surface area contributed by atoms with Gasteiger partial charge in [0, 0.05) is 25.1 Å². The molecule has 1 aromatic carbocycles. The molecule has 0 aliphatic carbocycles. The molecule has 0 spiro atoms. The van der Waals surface area contributed by atoms with Crippen LogP contribution in [0.1, 0.15) is 34.9 Å². The lowest BCUT2D eigenvalue weighted by Crippen LogP contribution is -2.28. The minimum Gasteiger partial charge on any atom is -0.355 e. The summed E-state index contributed by atoms with van der Waals surface area (Å²) in [7, 11) is 1.64. The van der Waals surface area contributed by atoms with Gasteiger partial charge in [0.25, 0.3) is 5.91 Å². The van der Waals surface area contributed by atoms with E-state index in [-0.39, 0.29) is 5.91 Å². The molecule has 1 aromatic heterocycles. The van der Waals surface area contributed by atoms with E-state index in [1.807, 2.05) is 18.2 Å². The molecule has 1 aliphatic rings. The molecule has 0 radical (unpaired) electrons. The average Bonchev–Trinajstić information content (AvgIpc) is 2.90. The molecule has 3 N–H and O–H groups in total. The summed E-state index contributed by atoms with van der Waals surface area (Å²) in [5, 5.41) is 6.03. The van der Waals surface area contributed by atoms with E-state index < -0.39 is 0 Å². The predicted octanol–water partition coefficient (Wildman–Crippen LogP) is 1.39. The molecule has 1 unspecified atom stereocenters. The molecule has 100 valence electrons. The molecular weight excluding hydrogens is 240 g/mol. The molecule has 1 atom stereocenters. The van der Waals surface area contributed by atoms with Crippen molar-refractivity contribution < 1.29 is 4.79 Å². The van der Waals surface area contributed by atoms with E-state index in [9.17, 15) is 4.79 Å². The third kappa shape index (κ3) is 2.33. The van der Waals surface area contributed by atoms with Gasteiger partial charge in [0.1, 0.15) is 5.82 Å². The van der Waals surface area contributed by atoms with E-state index in [2.05, 4.69) is 20.6 Å². The van der Waals surface area contributed by atoms with Crippen LogP contribution in [0.25, 0.3) is 11.0 Å². The van der Waals surface area contributed by atoms with E-state index >= 15 is 0 Å². The quantitative estimate of drug-likeness (QED) is 0.762. The average molecular weight is 258 g/mol. The van der Waals surface area contributed by atoms with Crippen LogP contribution in [-0.4, -0.2) is 36.0 Å². The first kappa shape index (κ1) is 12.2. The zero-order valence-corrected chi connectivity index (χ0v) is 11.0. The highest BCUT2D eigenvalue weighted by atomic mass is 16.1. The molecule has 2 heterocycles. The predicted molar refractivity (Wildman–Crippen MR) is 74.3 cm³/mol. The standard InChI is InChI=1S/C14H18N4O/c1-15-14(19)9-4-5-11-12(7-9)18-13(17-11)10-3-2-6-16-8-10/h4-5,7,10,16H,2-3,6,8H2,1H3,(H,15,19)(H,17,18). The number of carbonyl (C=O) groups excluding carboxylic acids is 1. The first-order valence-electron chi connectivity index (χ1n) is 6.70. The van der Waals surface area contributed by atoms with Gasteiger partial charge in [-0.2, -0.15) is 0 Å². The number of hydrogen-bond acceptors (Lipinski definition) is 3. The van der Waals surface area contributed by atoms with Gasteiger partial charge < -0.3 is 15.6 Å². The van der Waals surface area contributed by atoms with E-state index in [0.717, 1.165) is 36.4 Å². The smallest absolute Gasteiger partial charge is 0.251 e. The van der Waals surface area contributed by atoms with Gasteiger partial charge in [-0.3, -0.25) is 4.79 Å².